The molecule has 0 atom stereocenters. The van der Waals surface area contributed by atoms with E-state index in [1.165, 1.54) is 5.56 Å². The molecule has 0 bridgehead atoms. The van der Waals surface area contributed by atoms with E-state index in [1.54, 1.807) is 12.5 Å². The summed E-state index contributed by atoms with van der Waals surface area (Å²) in [6, 6.07) is 22.1. The van der Waals surface area contributed by atoms with Crippen molar-refractivity contribution in [1.82, 2.24) is 14.9 Å². The molecule has 0 radical (unpaired) electrons. The van der Waals surface area contributed by atoms with Crippen molar-refractivity contribution in [3.05, 3.63) is 102 Å². The van der Waals surface area contributed by atoms with E-state index in [0.717, 1.165) is 29.2 Å². The van der Waals surface area contributed by atoms with E-state index in [4.69, 9.17) is 4.42 Å². The number of carbonyl (C=O) groups is 1. The quantitative estimate of drug-likeness (QED) is 0.488. The van der Waals surface area contributed by atoms with Crippen LogP contribution in [0, 0.1) is 0 Å². The van der Waals surface area contributed by atoms with E-state index in [9.17, 15) is 4.79 Å². The van der Waals surface area contributed by atoms with Crippen LogP contribution in [0.25, 0.3) is 11.3 Å². The third-order valence-electron chi connectivity index (χ3n) is 4.76. The first-order valence-corrected chi connectivity index (χ1v) is 9.71. The largest absolute Gasteiger partial charge is 0.461 e. The van der Waals surface area contributed by atoms with Crippen LogP contribution in [0.15, 0.2) is 89.9 Å². The molecular formula is C24H23N3O2. The van der Waals surface area contributed by atoms with Gasteiger partial charge in [0.1, 0.15) is 11.5 Å². The van der Waals surface area contributed by atoms with Crippen LogP contribution in [-0.2, 0) is 24.3 Å². The van der Waals surface area contributed by atoms with E-state index in [0.29, 0.717) is 19.4 Å². The molecule has 5 nitrogen and oxygen atoms in total. The van der Waals surface area contributed by atoms with Gasteiger partial charge in [0, 0.05) is 43.9 Å². The number of nitrogens with one attached hydrogen (secondary N) is 1. The molecule has 0 unspecified atom stereocenters. The van der Waals surface area contributed by atoms with Gasteiger partial charge in [-0.1, -0.05) is 54.6 Å². The molecule has 0 aliphatic rings. The number of carbonyl (C=O) groups excluding carboxylic acids is 1. The van der Waals surface area contributed by atoms with Crippen LogP contribution < -0.4 is 5.32 Å². The van der Waals surface area contributed by atoms with Crippen LogP contribution in [-0.4, -0.2) is 15.5 Å². The third-order valence-corrected chi connectivity index (χ3v) is 4.76. The molecular weight excluding hydrogens is 362 g/mol. The van der Waals surface area contributed by atoms with Gasteiger partial charge in [0.2, 0.25) is 5.91 Å². The SMILES string of the molecule is O=C(CCc1ccc(-c2ccccc2)o1)NCc1ccc(Cn2ccnc2)cc1. The maximum atomic E-state index is 12.2. The highest BCUT2D eigenvalue weighted by Gasteiger charge is 2.07. The van der Waals surface area contributed by atoms with Gasteiger partial charge in [-0.05, 0) is 23.3 Å². The van der Waals surface area contributed by atoms with Crippen molar-refractivity contribution in [3.63, 3.8) is 0 Å². The smallest absolute Gasteiger partial charge is 0.220 e. The Morgan fingerprint density at radius 3 is 2.52 bits per heavy atom. The minimum atomic E-state index is 0.0187. The Bertz CT molecular complexity index is 1040. The van der Waals surface area contributed by atoms with E-state index in [1.807, 2.05) is 65.4 Å². The fourth-order valence-corrected chi connectivity index (χ4v) is 3.15. The average Bonchev–Trinajstić information content (AvgIpc) is 3.45. The van der Waals surface area contributed by atoms with Gasteiger partial charge in [-0.25, -0.2) is 4.98 Å². The van der Waals surface area contributed by atoms with Crippen molar-refractivity contribution in [1.29, 1.82) is 0 Å². The molecule has 0 aliphatic carbocycles. The first-order valence-electron chi connectivity index (χ1n) is 9.71. The summed E-state index contributed by atoms with van der Waals surface area (Å²) in [6.07, 6.45) is 6.50. The normalized spacial score (nSPS) is 10.8. The number of rotatable bonds is 8. The fourth-order valence-electron chi connectivity index (χ4n) is 3.15. The van der Waals surface area contributed by atoms with Crippen molar-refractivity contribution in [2.45, 2.75) is 25.9 Å². The number of furan rings is 1. The molecule has 1 amide bonds. The zero-order valence-electron chi connectivity index (χ0n) is 16.1. The molecule has 0 aliphatic heterocycles. The zero-order valence-corrected chi connectivity index (χ0v) is 16.1. The summed E-state index contributed by atoms with van der Waals surface area (Å²) in [5, 5.41) is 2.98. The number of aryl methyl sites for hydroxylation is 1. The summed E-state index contributed by atoms with van der Waals surface area (Å²) in [7, 11) is 0. The molecule has 5 heteroatoms. The summed E-state index contributed by atoms with van der Waals surface area (Å²) in [6.45, 7) is 1.32. The number of amides is 1. The standard InChI is InChI=1S/C24H23N3O2/c28-24(13-11-22-10-12-23(29-22)21-4-2-1-3-5-21)26-16-19-6-8-20(9-7-19)17-27-15-14-25-18-27/h1-10,12,14-15,18H,11,13,16-17H2,(H,26,28). The summed E-state index contributed by atoms with van der Waals surface area (Å²) in [5.74, 6) is 1.67. The number of benzene rings is 2. The van der Waals surface area contributed by atoms with E-state index in [-0.39, 0.29) is 5.91 Å². The first-order chi connectivity index (χ1) is 14.3. The van der Waals surface area contributed by atoms with Crippen molar-refractivity contribution in [2.24, 2.45) is 0 Å². The molecule has 4 aromatic rings. The van der Waals surface area contributed by atoms with Crippen LogP contribution in [0.5, 0.6) is 0 Å². The molecule has 2 heterocycles. The predicted octanol–water partition coefficient (Wildman–Crippen LogP) is 4.44. The van der Waals surface area contributed by atoms with Crippen LogP contribution in [0.1, 0.15) is 23.3 Å². The van der Waals surface area contributed by atoms with Gasteiger partial charge < -0.3 is 14.3 Å². The second-order valence-electron chi connectivity index (χ2n) is 6.96. The number of hydrogen-bond donors (Lipinski definition) is 1. The van der Waals surface area contributed by atoms with Crippen molar-refractivity contribution in [2.75, 3.05) is 0 Å². The Labute approximate surface area is 170 Å². The molecule has 4 rings (SSSR count). The Morgan fingerprint density at radius 2 is 1.76 bits per heavy atom. The summed E-state index contributed by atoms with van der Waals surface area (Å²) in [4.78, 5) is 16.2. The monoisotopic (exact) mass is 385 g/mol. The van der Waals surface area contributed by atoms with Crippen LogP contribution in [0.4, 0.5) is 0 Å². The lowest BCUT2D eigenvalue weighted by Gasteiger charge is -2.07. The highest BCUT2D eigenvalue weighted by molar-refractivity contribution is 5.76. The van der Waals surface area contributed by atoms with Gasteiger partial charge in [-0.3, -0.25) is 4.79 Å². The third kappa shape index (κ3) is 5.23. The lowest BCUT2D eigenvalue weighted by Crippen LogP contribution is -2.22. The molecule has 146 valence electrons. The molecule has 2 aromatic carbocycles. The van der Waals surface area contributed by atoms with Crippen LogP contribution in [0.2, 0.25) is 0 Å². The number of imidazole rings is 1. The van der Waals surface area contributed by atoms with Gasteiger partial charge >= 0.3 is 0 Å². The lowest BCUT2D eigenvalue weighted by molar-refractivity contribution is -0.121. The fraction of sp³-hybridized carbons (Fsp3) is 0.167. The molecule has 0 saturated carbocycles. The Morgan fingerprint density at radius 1 is 0.966 bits per heavy atom. The van der Waals surface area contributed by atoms with Crippen molar-refractivity contribution < 1.29 is 9.21 Å². The Balaban J connectivity index is 1.22. The van der Waals surface area contributed by atoms with Crippen LogP contribution in [0.3, 0.4) is 0 Å². The number of aromatic nitrogens is 2. The summed E-state index contributed by atoms with van der Waals surface area (Å²) >= 11 is 0. The lowest BCUT2D eigenvalue weighted by atomic mass is 10.1. The highest BCUT2D eigenvalue weighted by atomic mass is 16.3. The van der Waals surface area contributed by atoms with E-state index < -0.39 is 0 Å². The minimum absolute atomic E-state index is 0.0187. The molecule has 0 fully saturated rings. The van der Waals surface area contributed by atoms with Gasteiger partial charge in [-0.15, -0.1) is 0 Å². The summed E-state index contributed by atoms with van der Waals surface area (Å²) in [5.41, 5.74) is 3.32. The first kappa shape index (κ1) is 18.7. The highest BCUT2D eigenvalue weighted by Crippen LogP contribution is 2.22. The van der Waals surface area contributed by atoms with E-state index >= 15 is 0 Å². The number of hydrogen-bond acceptors (Lipinski definition) is 3. The molecule has 1 N–H and O–H groups in total. The van der Waals surface area contributed by atoms with Crippen LogP contribution >= 0.6 is 0 Å². The maximum Gasteiger partial charge on any atom is 0.220 e. The minimum Gasteiger partial charge on any atom is -0.461 e. The molecule has 29 heavy (non-hydrogen) atoms. The second kappa shape index (κ2) is 9.06. The average molecular weight is 385 g/mol. The topological polar surface area (TPSA) is 60.1 Å². The zero-order chi connectivity index (χ0) is 19.9. The van der Waals surface area contributed by atoms with Crippen molar-refractivity contribution in [3.8, 4) is 11.3 Å². The molecule has 0 saturated heterocycles. The second-order valence-corrected chi connectivity index (χ2v) is 6.96. The van der Waals surface area contributed by atoms with E-state index in [2.05, 4.69) is 22.4 Å². The predicted molar refractivity (Wildman–Crippen MR) is 112 cm³/mol. The summed E-state index contributed by atoms with van der Waals surface area (Å²) < 4.78 is 7.88. The van der Waals surface area contributed by atoms with Gasteiger partial charge in [0.15, 0.2) is 0 Å². The number of nitrogens with zero attached hydrogens (tertiary/aromatic N) is 2. The Kier molecular flexibility index (Phi) is 5.86. The molecule has 2 aromatic heterocycles. The van der Waals surface area contributed by atoms with Gasteiger partial charge in [-0.2, -0.15) is 0 Å². The Hall–Kier alpha value is -3.60. The van der Waals surface area contributed by atoms with Gasteiger partial charge in [0.05, 0.1) is 6.33 Å². The van der Waals surface area contributed by atoms with Gasteiger partial charge in [0.25, 0.3) is 0 Å². The maximum absolute atomic E-state index is 12.2. The molecule has 0 spiro atoms. The van der Waals surface area contributed by atoms with Crippen molar-refractivity contribution >= 4 is 5.91 Å².